The zero-order valence-electron chi connectivity index (χ0n) is 14.1. The van der Waals surface area contributed by atoms with Crippen molar-refractivity contribution < 1.29 is 23.7 Å². The highest BCUT2D eigenvalue weighted by molar-refractivity contribution is 6.14. The molecule has 0 aromatic heterocycles. The van der Waals surface area contributed by atoms with Crippen LogP contribution in [0.15, 0.2) is 53.2 Å². The SMILES string of the molecule is COc1cccc(/C=C2/N=C(c3c(OC)cccc3OC)OC2=O)c1. The first-order valence-electron chi connectivity index (χ1n) is 7.54. The van der Waals surface area contributed by atoms with Gasteiger partial charge in [0.2, 0.25) is 5.90 Å². The number of nitrogens with zero attached hydrogens (tertiary/aromatic N) is 1. The van der Waals surface area contributed by atoms with Crippen LogP contribution in [0.3, 0.4) is 0 Å². The van der Waals surface area contributed by atoms with Gasteiger partial charge in [0, 0.05) is 0 Å². The van der Waals surface area contributed by atoms with E-state index in [0.717, 1.165) is 5.56 Å². The molecular formula is C19H17NO5. The molecule has 6 heteroatoms. The van der Waals surface area contributed by atoms with Gasteiger partial charge in [-0.25, -0.2) is 9.79 Å². The lowest BCUT2D eigenvalue weighted by Gasteiger charge is -2.11. The lowest BCUT2D eigenvalue weighted by atomic mass is 10.1. The highest BCUT2D eigenvalue weighted by Crippen LogP contribution is 2.32. The lowest BCUT2D eigenvalue weighted by molar-refractivity contribution is -0.129. The fraction of sp³-hybridized carbons (Fsp3) is 0.158. The Labute approximate surface area is 145 Å². The molecule has 0 unspecified atom stereocenters. The maximum atomic E-state index is 12.2. The van der Waals surface area contributed by atoms with Crippen molar-refractivity contribution in [2.45, 2.75) is 0 Å². The van der Waals surface area contributed by atoms with Crippen molar-refractivity contribution in [3.05, 3.63) is 59.3 Å². The third-order valence-corrected chi connectivity index (χ3v) is 3.66. The number of ether oxygens (including phenoxy) is 4. The van der Waals surface area contributed by atoms with Gasteiger partial charge in [-0.3, -0.25) is 0 Å². The highest BCUT2D eigenvalue weighted by atomic mass is 16.6. The van der Waals surface area contributed by atoms with Gasteiger partial charge in [-0.05, 0) is 35.9 Å². The first-order chi connectivity index (χ1) is 12.2. The molecule has 0 spiro atoms. The summed E-state index contributed by atoms with van der Waals surface area (Å²) in [4.78, 5) is 16.5. The number of esters is 1. The van der Waals surface area contributed by atoms with Crippen LogP contribution in [0, 0.1) is 0 Å². The fourth-order valence-electron chi connectivity index (χ4n) is 2.47. The van der Waals surface area contributed by atoms with E-state index in [9.17, 15) is 4.79 Å². The first-order valence-corrected chi connectivity index (χ1v) is 7.54. The van der Waals surface area contributed by atoms with Crippen LogP contribution >= 0.6 is 0 Å². The molecule has 2 aromatic carbocycles. The number of aliphatic imine (C=N–C) groups is 1. The van der Waals surface area contributed by atoms with E-state index in [2.05, 4.69) is 4.99 Å². The minimum absolute atomic E-state index is 0.147. The standard InChI is InChI=1S/C19H17NO5/c1-22-13-7-4-6-12(10-13)11-14-19(21)25-18(20-14)17-15(23-2)8-5-9-16(17)24-3/h4-11H,1-3H3/b14-11+. The summed E-state index contributed by atoms with van der Waals surface area (Å²) in [5, 5.41) is 0. The number of carbonyl (C=O) groups excluding carboxylic acids is 1. The summed E-state index contributed by atoms with van der Waals surface area (Å²) >= 11 is 0. The molecule has 0 bridgehead atoms. The Bertz CT molecular complexity index is 848. The van der Waals surface area contributed by atoms with Gasteiger partial charge >= 0.3 is 5.97 Å². The predicted octanol–water partition coefficient (Wildman–Crippen LogP) is 3.06. The average Bonchev–Trinajstić information content (AvgIpc) is 3.01. The third kappa shape index (κ3) is 3.33. The molecule has 25 heavy (non-hydrogen) atoms. The number of cyclic esters (lactones) is 1. The van der Waals surface area contributed by atoms with Crippen molar-refractivity contribution in [2.24, 2.45) is 4.99 Å². The second kappa shape index (κ2) is 7.09. The number of methoxy groups -OCH3 is 3. The lowest BCUT2D eigenvalue weighted by Crippen LogP contribution is -2.08. The van der Waals surface area contributed by atoms with E-state index >= 15 is 0 Å². The molecule has 0 fully saturated rings. The summed E-state index contributed by atoms with van der Waals surface area (Å²) in [6, 6.07) is 12.6. The van der Waals surface area contributed by atoms with Crippen LogP contribution in [0.4, 0.5) is 0 Å². The Kier molecular flexibility index (Phi) is 4.70. The zero-order valence-corrected chi connectivity index (χ0v) is 14.1. The molecule has 0 N–H and O–H groups in total. The number of rotatable bonds is 5. The van der Waals surface area contributed by atoms with Crippen LogP contribution < -0.4 is 14.2 Å². The summed E-state index contributed by atoms with van der Waals surface area (Å²) in [7, 11) is 4.64. The summed E-state index contributed by atoms with van der Waals surface area (Å²) in [6.45, 7) is 0. The predicted molar refractivity (Wildman–Crippen MR) is 93.1 cm³/mol. The van der Waals surface area contributed by atoms with Gasteiger partial charge in [0.05, 0.1) is 21.3 Å². The van der Waals surface area contributed by atoms with E-state index in [4.69, 9.17) is 18.9 Å². The number of carbonyl (C=O) groups is 1. The van der Waals surface area contributed by atoms with Crippen LogP contribution in [0.2, 0.25) is 0 Å². The number of hydrogen-bond acceptors (Lipinski definition) is 6. The Morgan fingerprint density at radius 1 is 0.960 bits per heavy atom. The highest BCUT2D eigenvalue weighted by Gasteiger charge is 2.28. The Hall–Kier alpha value is -3.28. The normalized spacial score (nSPS) is 14.9. The maximum Gasteiger partial charge on any atom is 0.363 e. The van der Waals surface area contributed by atoms with Crippen molar-refractivity contribution in [2.75, 3.05) is 21.3 Å². The molecule has 0 radical (unpaired) electrons. The van der Waals surface area contributed by atoms with Crippen molar-refractivity contribution in [3.63, 3.8) is 0 Å². The summed E-state index contributed by atoms with van der Waals surface area (Å²) < 4.78 is 21.2. The quantitative estimate of drug-likeness (QED) is 0.619. The first kappa shape index (κ1) is 16.6. The number of hydrogen-bond donors (Lipinski definition) is 0. The second-order valence-electron chi connectivity index (χ2n) is 5.15. The van der Waals surface area contributed by atoms with Gasteiger partial charge in [0.25, 0.3) is 0 Å². The Morgan fingerprint density at radius 2 is 1.64 bits per heavy atom. The topological polar surface area (TPSA) is 66.3 Å². The molecule has 2 aromatic rings. The van der Waals surface area contributed by atoms with E-state index in [1.807, 2.05) is 18.2 Å². The molecule has 6 nitrogen and oxygen atoms in total. The van der Waals surface area contributed by atoms with E-state index in [0.29, 0.717) is 22.8 Å². The molecule has 0 aliphatic carbocycles. The molecular weight excluding hydrogens is 322 g/mol. The van der Waals surface area contributed by atoms with Crippen LogP contribution in [-0.2, 0) is 9.53 Å². The van der Waals surface area contributed by atoms with E-state index < -0.39 is 5.97 Å². The molecule has 0 amide bonds. The summed E-state index contributed by atoms with van der Waals surface area (Å²) in [5.74, 6) is 1.32. The second-order valence-corrected chi connectivity index (χ2v) is 5.15. The van der Waals surface area contributed by atoms with Crippen molar-refractivity contribution in [1.82, 2.24) is 0 Å². The van der Waals surface area contributed by atoms with Crippen LogP contribution in [0.25, 0.3) is 6.08 Å². The molecule has 1 aliphatic heterocycles. The monoisotopic (exact) mass is 339 g/mol. The summed E-state index contributed by atoms with van der Waals surface area (Å²) in [6.07, 6.45) is 1.64. The van der Waals surface area contributed by atoms with E-state index in [1.54, 1.807) is 37.5 Å². The third-order valence-electron chi connectivity index (χ3n) is 3.66. The van der Waals surface area contributed by atoms with Crippen LogP contribution in [0.5, 0.6) is 17.2 Å². The minimum atomic E-state index is -0.536. The van der Waals surface area contributed by atoms with Gasteiger partial charge in [0.15, 0.2) is 5.70 Å². The molecule has 1 aliphatic rings. The average molecular weight is 339 g/mol. The largest absolute Gasteiger partial charge is 0.497 e. The van der Waals surface area contributed by atoms with E-state index in [-0.39, 0.29) is 11.6 Å². The molecule has 0 atom stereocenters. The van der Waals surface area contributed by atoms with Crippen molar-refractivity contribution in [1.29, 1.82) is 0 Å². The summed E-state index contributed by atoms with van der Waals surface area (Å²) in [5.41, 5.74) is 1.47. The fourth-order valence-corrected chi connectivity index (χ4v) is 2.47. The molecule has 128 valence electrons. The molecule has 0 saturated carbocycles. The minimum Gasteiger partial charge on any atom is -0.497 e. The van der Waals surface area contributed by atoms with Crippen LogP contribution in [-0.4, -0.2) is 33.2 Å². The Morgan fingerprint density at radius 3 is 2.28 bits per heavy atom. The smallest absolute Gasteiger partial charge is 0.363 e. The Balaban J connectivity index is 2.02. The van der Waals surface area contributed by atoms with Gasteiger partial charge in [-0.2, -0.15) is 0 Å². The van der Waals surface area contributed by atoms with Crippen LogP contribution in [0.1, 0.15) is 11.1 Å². The molecule has 3 rings (SSSR count). The maximum absolute atomic E-state index is 12.2. The van der Waals surface area contributed by atoms with Gasteiger partial charge in [-0.1, -0.05) is 18.2 Å². The molecule has 0 saturated heterocycles. The van der Waals surface area contributed by atoms with E-state index in [1.165, 1.54) is 14.2 Å². The zero-order chi connectivity index (χ0) is 17.8. The number of benzene rings is 2. The van der Waals surface area contributed by atoms with Gasteiger partial charge in [0.1, 0.15) is 22.8 Å². The van der Waals surface area contributed by atoms with Gasteiger partial charge in [-0.15, -0.1) is 0 Å². The van der Waals surface area contributed by atoms with Crippen molar-refractivity contribution in [3.8, 4) is 17.2 Å². The van der Waals surface area contributed by atoms with Crippen molar-refractivity contribution >= 4 is 17.9 Å². The molecule has 1 heterocycles. The van der Waals surface area contributed by atoms with Gasteiger partial charge < -0.3 is 18.9 Å².